The van der Waals surface area contributed by atoms with Gasteiger partial charge in [0.15, 0.2) is 6.04 Å². The van der Waals surface area contributed by atoms with Crippen LogP contribution in [0, 0.1) is 0 Å². The van der Waals surface area contributed by atoms with Gasteiger partial charge in [0.05, 0.1) is 0 Å². The van der Waals surface area contributed by atoms with E-state index in [1.54, 1.807) is 6.20 Å². The van der Waals surface area contributed by atoms with Gasteiger partial charge in [-0.1, -0.05) is 12.1 Å². The summed E-state index contributed by atoms with van der Waals surface area (Å²) in [6.07, 6.45) is 3.50. The first-order valence-corrected chi connectivity index (χ1v) is 10.1. The molecule has 3 N–H and O–H groups in total. The van der Waals surface area contributed by atoms with Gasteiger partial charge in [-0.15, -0.1) is 4.70 Å². The Bertz CT molecular complexity index is 1010. The molecule has 0 spiro atoms. The molecule has 0 bridgehead atoms. The van der Waals surface area contributed by atoms with E-state index in [4.69, 9.17) is 0 Å². The van der Waals surface area contributed by atoms with E-state index in [0.717, 1.165) is 16.8 Å². The van der Waals surface area contributed by atoms with Crippen molar-refractivity contribution >= 4 is 23.4 Å². The van der Waals surface area contributed by atoms with Crippen molar-refractivity contribution in [3.05, 3.63) is 53.0 Å². The Balaban J connectivity index is 1.45. The highest BCUT2D eigenvalue weighted by Gasteiger charge is 2.36. The van der Waals surface area contributed by atoms with Crippen molar-refractivity contribution in [3.8, 4) is 0 Å². The molecule has 0 saturated heterocycles. The molecule has 4 rings (SSSR count). The van der Waals surface area contributed by atoms with Crippen molar-refractivity contribution in [1.29, 1.82) is 0 Å². The monoisotopic (exact) mass is 409 g/mol. The highest BCUT2D eigenvalue weighted by Crippen LogP contribution is 2.23. The van der Waals surface area contributed by atoms with E-state index in [9.17, 15) is 14.4 Å². The Labute approximate surface area is 174 Å². The van der Waals surface area contributed by atoms with E-state index in [1.165, 1.54) is 10.8 Å². The Hall–Kier alpha value is -3.49. The molecule has 0 aliphatic carbocycles. The van der Waals surface area contributed by atoms with E-state index in [-0.39, 0.29) is 23.8 Å². The van der Waals surface area contributed by atoms with Crippen molar-refractivity contribution in [3.63, 3.8) is 0 Å². The second-order valence-electron chi connectivity index (χ2n) is 7.49. The van der Waals surface area contributed by atoms with Gasteiger partial charge in [0.1, 0.15) is 17.8 Å². The normalized spacial score (nSPS) is 20.5. The number of benzene rings is 1. The maximum Gasteiger partial charge on any atom is 0.316 e. The second-order valence-corrected chi connectivity index (χ2v) is 7.49. The molecule has 9 nitrogen and oxygen atoms in total. The average Bonchev–Trinajstić information content (AvgIpc) is 3.11. The van der Waals surface area contributed by atoms with E-state index < -0.39 is 0 Å². The number of carbonyl (C=O) groups is 3. The number of fused-ring (bicyclic) bond motifs is 2. The number of anilines is 1. The third-order valence-electron chi connectivity index (χ3n) is 5.54. The molecule has 1 atom stereocenters. The van der Waals surface area contributed by atoms with Gasteiger partial charge in [-0.05, 0) is 36.2 Å². The van der Waals surface area contributed by atoms with Gasteiger partial charge in [-0.25, -0.2) is 5.32 Å². The molecule has 1 unspecified atom stereocenters. The number of rotatable bonds is 4. The van der Waals surface area contributed by atoms with Crippen LogP contribution >= 0.6 is 0 Å². The first-order valence-electron chi connectivity index (χ1n) is 10.1. The predicted molar refractivity (Wildman–Crippen MR) is 109 cm³/mol. The molecule has 1 aromatic carbocycles. The fraction of sp³-hybridized carbons (Fsp3) is 0.381. The zero-order chi connectivity index (χ0) is 21.3. The van der Waals surface area contributed by atoms with Crippen molar-refractivity contribution in [1.82, 2.24) is 15.5 Å². The Morgan fingerprint density at radius 1 is 1.37 bits per heavy atom. The summed E-state index contributed by atoms with van der Waals surface area (Å²) in [4.78, 5) is 38.3. The Kier molecular flexibility index (Phi) is 5.35. The van der Waals surface area contributed by atoms with Crippen LogP contribution in [-0.4, -0.2) is 46.5 Å². The van der Waals surface area contributed by atoms with Crippen molar-refractivity contribution in [2.75, 3.05) is 18.4 Å². The molecule has 0 fully saturated rings. The minimum Gasteiger partial charge on any atom is -0.384 e. The SMILES string of the molecule is CCN1Cc2cc(CNC(=O)C3=CNC4=CC(=O)N=[N+]4C3C)ccc2NCCC1=O. The molecule has 3 amide bonds. The molecule has 30 heavy (non-hydrogen) atoms. The summed E-state index contributed by atoms with van der Waals surface area (Å²) in [6, 6.07) is 5.65. The number of azo groups is 2. The number of hydrogen-bond donors (Lipinski definition) is 3. The summed E-state index contributed by atoms with van der Waals surface area (Å²) in [5.41, 5.74) is 3.50. The molecule has 0 radical (unpaired) electrons. The van der Waals surface area contributed by atoms with E-state index >= 15 is 0 Å². The Morgan fingerprint density at radius 2 is 2.20 bits per heavy atom. The molecular formula is C21H25N6O3+. The molecule has 9 heteroatoms. The van der Waals surface area contributed by atoms with Crippen LogP contribution in [0.4, 0.5) is 5.69 Å². The van der Waals surface area contributed by atoms with Crippen LogP contribution in [0.1, 0.15) is 31.4 Å². The van der Waals surface area contributed by atoms with Crippen LogP contribution in [0.5, 0.6) is 0 Å². The zero-order valence-corrected chi connectivity index (χ0v) is 17.1. The van der Waals surface area contributed by atoms with Crippen LogP contribution in [0.25, 0.3) is 0 Å². The van der Waals surface area contributed by atoms with Gasteiger partial charge in [0.2, 0.25) is 5.91 Å². The first kappa shape index (κ1) is 19.8. The van der Waals surface area contributed by atoms with Crippen LogP contribution in [0.3, 0.4) is 0 Å². The third kappa shape index (κ3) is 3.83. The average molecular weight is 409 g/mol. The second kappa shape index (κ2) is 8.10. The van der Waals surface area contributed by atoms with Crippen LogP contribution in [0.15, 0.2) is 47.0 Å². The maximum atomic E-state index is 12.7. The highest BCUT2D eigenvalue weighted by molar-refractivity contribution is 5.95. The summed E-state index contributed by atoms with van der Waals surface area (Å²) in [6.45, 7) is 5.98. The van der Waals surface area contributed by atoms with Gasteiger partial charge in [-0.3, -0.25) is 14.4 Å². The van der Waals surface area contributed by atoms with Gasteiger partial charge in [-0.2, -0.15) is 0 Å². The summed E-state index contributed by atoms with van der Waals surface area (Å²) >= 11 is 0. The van der Waals surface area contributed by atoms with Gasteiger partial charge >= 0.3 is 11.7 Å². The topological polar surface area (TPSA) is 106 Å². The lowest BCUT2D eigenvalue weighted by molar-refractivity contribution is -0.569. The molecule has 3 heterocycles. The lowest BCUT2D eigenvalue weighted by Crippen LogP contribution is -2.39. The lowest BCUT2D eigenvalue weighted by atomic mass is 10.0. The molecule has 3 aliphatic rings. The molecule has 0 saturated carbocycles. The van der Waals surface area contributed by atoms with Gasteiger partial charge < -0.3 is 15.5 Å². The minimum absolute atomic E-state index is 0.138. The molecule has 0 aromatic heterocycles. The van der Waals surface area contributed by atoms with Crippen molar-refractivity contribution in [2.24, 2.45) is 5.11 Å². The third-order valence-corrected chi connectivity index (χ3v) is 5.54. The van der Waals surface area contributed by atoms with Crippen molar-refractivity contribution in [2.45, 2.75) is 39.4 Å². The largest absolute Gasteiger partial charge is 0.384 e. The lowest BCUT2D eigenvalue weighted by Gasteiger charge is -2.26. The van der Waals surface area contributed by atoms with Crippen molar-refractivity contribution < 1.29 is 19.1 Å². The zero-order valence-electron chi connectivity index (χ0n) is 17.1. The number of nitrogens with zero attached hydrogens (tertiary/aromatic N) is 3. The standard InChI is InChI=1S/C21H24N6O3/c1-3-26-12-15-8-14(4-5-17(15)22-7-6-20(26)29)10-24-21(30)16-11-23-18-9-19(28)25-27(18)13(16)2/h4-5,8-9,11,13,22H,3,6-7,10,12H2,1-2H3,(H-,23,24,28,30)/p+1. The molecular weight excluding hydrogens is 384 g/mol. The Morgan fingerprint density at radius 3 is 3.00 bits per heavy atom. The predicted octanol–water partition coefficient (Wildman–Crippen LogP) is 1.19. The summed E-state index contributed by atoms with van der Waals surface area (Å²) in [5.74, 6) is 0.153. The molecule has 3 aliphatic heterocycles. The smallest absolute Gasteiger partial charge is 0.316 e. The quantitative estimate of drug-likeness (QED) is 0.648. The fourth-order valence-electron chi connectivity index (χ4n) is 3.82. The first-order chi connectivity index (χ1) is 14.5. The number of amides is 3. The van der Waals surface area contributed by atoms with Crippen LogP contribution in [-0.2, 0) is 27.5 Å². The molecule has 156 valence electrons. The van der Waals surface area contributed by atoms with Gasteiger partial charge in [0.25, 0.3) is 5.91 Å². The maximum absolute atomic E-state index is 12.7. The summed E-state index contributed by atoms with van der Waals surface area (Å²) < 4.78 is 1.52. The molecule has 1 aromatic rings. The number of carbonyl (C=O) groups excluding carboxylic acids is 3. The highest BCUT2D eigenvalue weighted by atomic mass is 16.2. The van der Waals surface area contributed by atoms with E-state index in [0.29, 0.717) is 44.0 Å². The van der Waals surface area contributed by atoms with E-state index in [2.05, 4.69) is 21.1 Å². The fourth-order valence-corrected chi connectivity index (χ4v) is 3.82. The number of nitrogens with one attached hydrogen (secondary N) is 3. The summed E-state index contributed by atoms with van der Waals surface area (Å²) in [7, 11) is 0. The minimum atomic E-state index is -0.340. The van der Waals surface area contributed by atoms with Gasteiger partial charge in [0, 0.05) is 38.3 Å². The van der Waals surface area contributed by atoms with Crippen LogP contribution < -0.4 is 16.0 Å². The van der Waals surface area contributed by atoms with E-state index in [1.807, 2.05) is 36.9 Å². The number of hydrogen-bond acceptors (Lipinski definition) is 5. The van der Waals surface area contributed by atoms with Crippen LogP contribution in [0.2, 0.25) is 0 Å². The summed E-state index contributed by atoms with van der Waals surface area (Å²) in [5, 5.41) is 13.1.